The minimum atomic E-state index is -3.93. The molecule has 0 fully saturated rings. The molecule has 30 heavy (non-hydrogen) atoms. The molecule has 0 heterocycles. The van der Waals surface area contributed by atoms with Gasteiger partial charge in [-0.2, -0.15) is 8.42 Å². The van der Waals surface area contributed by atoms with Gasteiger partial charge in [0.1, 0.15) is 5.75 Å². The largest absolute Gasteiger partial charge is 0.493 e. The Morgan fingerprint density at radius 3 is 1.67 bits per heavy atom. The second-order valence-corrected chi connectivity index (χ2v) is 10.0. The predicted molar refractivity (Wildman–Crippen MR) is 127 cm³/mol. The summed E-state index contributed by atoms with van der Waals surface area (Å²) in [6, 6.07) is 6.42. The Balaban J connectivity index is 2.63. The van der Waals surface area contributed by atoms with E-state index in [1.54, 1.807) is 0 Å². The summed E-state index contributed by atoms with van der Waals surface area (Å²) in [6.07, 6.45) is 17.5. The third-order valence-electron chi connectivity index (χ3n) is 5.57. The second-order valence-electron chi connectivity index (χ2n) is 8.43. The molecule has 0 radical (unpaired) electrons. The summed E-state index contributed by atoms with van der Waals surface area (Å²) >= 11 is 0. The van der Waals surface area contributed by atoms with Crippen LogP contribution < -0.4 is 4.74 Å². The van der Waals surface area contributed by atoms with Gasteiger partial charge in [0.25, 0.3) is 10.1 Å². The van der Waals surface area contributed by atoms with Crippen LogP contribution in [0, 0.1) is 0 Å². The molecule has 0 amide bonds. The Labute approximate surface area is 185 Å². The molecule has 0 spiro atoms. The minimum Gasteiger partial charge on any atom is -0.493 e. The van der Waals surface area contributed by atoms with Crippen molar-refractivity contribution in [1.29, 1.82) is 0 Å². The lowest BCUT2D eigenvalue weighted by Gasteiger charge is -2.16. The molecule has 1 aromatic rings. The van der Waals surface area contributed by atoms with E-state index >= 15 is 0 Å². The highest BCUT2D eigenvalue weighted by molar-refractivity contribution is 7.85. The van der Waals surface area contributed by atoms with Gasteiger partial charge in [-0.1, -0.05) is 96.3 Å². The molecule has 174 valence electrons. The lowest BCUT2D eigenvalue weighted by atomic mass is 9.98. The number of rotatable bonds is 19. The average molecular weight is 441 g/mol. The Morgan fingerprint density at radius 2 is 1.20 bits per heavy atom. The summed E-state index contributed by atoms with van der Waals surface area (Å²) in [5, 5.41) is 0. The Morgan fingerprint density at radius 1 is 0.733 bits per heavy atom. The first-order chi connectivity index (χ1) is 14.5. The Kier molecular flexibility index (Phi) is 14.9. The molecule has 1 aromatic carbocycles. The molecule has 0 aromatic heterocycles. The van der Waals surface area contributed by atoms with Crippen LogP contribution >= 0.6 is 0 Å². The second kappa shape index (κ2) is 16.6. The average Bonchev–Trinajstić information content (AvgIpc) is 2.70. The van der Waals surface area contributed by atoms with Crippen molar-refractivity contribution >= 4 is 10.1 Å². The van der Waals surface area contributed by atoms with E-state index in [0.29, 0.717) is 13.0 Å². The van der Waals surface area contributed by atoms with Crippen molar-refractivity contribution in [3.8, 4) is 5.75 Å². The molecule has 0 saturated carbocycles. The molecule has 4 nitrogen and oxygen atoms in total. The van der Waals surface area contributed by atoms with Crippen LogP contribution in [-0.2, 0) is 23.0 Å². The maximum Gasteiger partial charge on any atom is 0.264 e. The van der Waals surface area contributed by atoms with E-state index in [2.05, 4.69) is 32.0 Å². The van der Waals surface area contributed by atoms with Crippen LogP contribution in [0.2, 0.25) is 0 Å². The predicted octanol–water partition coefficient (Wildman–Crippen LogP) is 7.15. The molecule has 0 aliphatic heterocycles. The van der Waals surface area contributed by atoms with Gasteiger partial charge in [0.05, 0.1) is 12.4 Å². The lowest BCUT2D eigenvalue weighted by Crippen LogP contribution is -2.10. The van der Waals surface area contributed by atoms with Crippen molar-refractivity contribution in [2.24, 2.45) is 0 Å². The van der Waals surface area contributed by atoms with Gasteiger partial charge in [-0.3, -0.25) is 4.55 Å². The fourth-order valence-electron chi connectivity index (χ4n) is 3.82. The quantitative estimate of drug-likeness (QED) is 0.183. The summed E-state index contributed by atoms with van der Waals surface area (Å²) in [5.41, 5.74) is 2.47. The molecule has 0 unspecified atom stereocenters. The number of unbranched alkanes of at least 4 members (excludes halogenated alkanes) is 10. The highest BCUT2D eigenvalue weighted by Crippen LogP contribution is 2.28. The van der Waals surface area contributed by atoms with Crippen LogP contribution in [0.5, 0.6) is 5.75 Å². The van der Waals surface area contributed by atoms with Gasteiger partial charge < -0.3 is 4.74 Å². The van der Waals surface area contributed by atoms with E-state index in [0.717, 1.165) is 31.4 Å². The number of para-hydroxylation sites is 1. The third kappa shape index (κ3) is 13.3. The molecule has 0 bridgehead atoms. The minimum absolute atomic E-state index is 0.251. The summed E-state index contributed by atoms with van der Waals surface area (Å²) in [6.45, 7) is 4.79. The van der Waals surface area contributed by atoms with Gasteiger partial charge in [0, 0.05) is 0 Å². The fraction of sp³-hybridized carbons (Fsp3) is 0.760. The van der Waals surface area contributed by atoms with Crippen LogP contribution in [0.1, 0.15) is 108 Å². The van der Waals surface area contributed by atoms with Gasteiger partial charge in [-0.05, 0) is 43.2 Å². The fourth-order valence-corrected chi connectivity index (χ4v) is 4.31. The molecule has 0 saturated heterocycles. The van der Waals surface area contributed by atoms with Crippen molar-refractivity contribution < 1.29 is 17.7 Å². The zero-order valence-electron chi connectivity index (χ0n) is 19.3. The van der Waals surface area contributed by atoms with Gasteiger partial charge in [0.15, 0.2) is 0 Å². The van der Waals surface area contributed by atoms with Crippen molar-refractivity contribution in [2.45, 2.75) is 110 Å². The molecule has 0 aliphatic rings. The zero-order chi connectivity index (χ0) is 22.1. The Bertz CT molecular complexity index is 621. The molecular formula is C25H44O4S. The SMILES string of the molecule is CCCCCCCCc1cccc(CCCCCCCC)c1OCCCS(=O)(=O)O. The molecule has 0 aliphatic carbocycles. The zero-order valence-corrected chi connectivity index (χ0v) is 20.1. The smallest absolute Gasteiger partial charge is 0.264 e. The summed E-state index contributed by atoms with van der Waals surface area (Å²) in [7, 11) is -3.93. The van der Waals surface area contributed by atoms with Crippen molar-refractivity contribution in [3.63, 3.8) is 0 Å². The molecule has 1 rings (SSSR count). The van der Waals surface area contributed by atoms with Crippen LogP contribution in [0.25, 0.3) is 0 Å². The highest BCUT2D eigenvalue weighted by Gasteiger charge is 2.11. The van der Waals surface area contributed by atoms with E-state index < -0.39 is 10.1 Å². The Hall–Kier alpha value is -1.07. The van der Waals surface area contributed by atoms with E-state index in [1.165, 1.54) is 75.3 Å². The molecular weight excluding hydrogens is 396 g/mol. The van der Waals surface area contributed by atoms with Gasteiger partial charge in [0.2, 0.25) is 0 Å². The monoisotopic (exact) mass is 440 g/mol. The summed E-state index contributed by atoms with van der Waals surface area (Å²) in [5.74, 6) is 0.703. The first-order valence-corrected chi connectivity index (χ1v) is 13.8. The van der Waals surface area contributed by atoms with E-state index in [9.17, 15) is 8.42 Å². The van der Waals surface area contributed by atoms with Gasteiger partial charge >= 0.3 is 0 Å². The first-order valence-electron chi connectivity index (χ1n) is 12.2. The number of ether oxygens (including phenoxy) is 1. The summed E-state index contributed by atoms with van der Waals surface area (Å²) < 4.78 is 37.0. The number of hydrogen-bond acceptors (Lipinski definition) is 3. The van der Waals surface area contributed by atoms with Crippen LogP contribution in [-0.4, -0.2) is 25.3 Å². The standard InChI is InChI=1S/C25H44O4S/c1-3-5-7-9-11-13-17-23-19-15-20-24(18-14-12-10-8-6-4-2)25(23)29-21-16-22-30(26,27)28/h15,19-20H,3-14,16-18,21-22H2,1-2H3,(H,26,27,28). The normalized spacial score (nSPS) is 11.7. The van der Waals surface area contributed by atoms with E-state index in [1.807, 2.05) is 0 Å². The lowest BCUT2D eigenvalue weighted by molar-refractivity contribution is 0.309. The summed E-state index contributed by atoms with van der Waals surface area (Å²) in [4.78, 5) is 0. The van der Waals surface area contributed by atoms with Crippen molar-refractivity contribution in [3.05, 3.63) is 29.3 Å². The first kappa shape index (κ1) is 27.0. The molecule has 5 heteroatoms. The van der Waals surface area contributed by atoms with Crippen LogP contribution in [0.3, 0.4) is 0 Å². The van der Waals surface area contributed by atoms with Gasteiger partial charge in [-0.25, -0.2) is 0 Å². The van der Waals surface area contributed by atoms with E-state index in [-0.39, 0.29) is 5.75 Å². The maximum absolute atomic E-state index is 11.0. The van der Waals surface area contributed by atoms with Crippen molar-refractivity contribution in [1.82, 2.24) is 0 Å². The van der Waals surface area contributed by atoms with Crippen molar-refractivity contribution in [2.75, 3.05) is 12.4 Å². The third-order valence-corrected chi connectivity index (χ3v) is 6.38. The number of hydrogen-bond donors (Lipinski definition) is 1. The number of benzene rings is 1. The molecule has 0 atom stereocenters. The van der Waals surface area contributed by atoms with Crippen LogP contribution in [0.15, 0.2) is 18.2 Å². The van der Waals surface area contributed by atoms with Crippen LogP contribution in [0.4, 0.5) is 0 Å². The number of aryl methyl sites for hydroxylation is 2. The molecule has 1 N–H and O–H groups in total. The van der Waals surface area contributed by atoms with Gasteiger partial charge in [-0.15, -0.1) is 0 Å². The highest BCUT2D eigenvalue weighted by atomic mass is 32.2. The topological polar surface area (TPSA) is 63.6 Å². The maximum atomic E-state index is 11.0. The van der Waals surface area contributed by atoms with E-state index in [4.69, 9.17) is 9.29 Å².